The summed E-state index contributed by atoms with van der Waals surface area (Å²) in [7, 11) is 0. The van der Waals surface area contributed by atoms with Gasteiger partial charge in [0.05, 0.1) is 10.0 Å². The highest BCUT2D eigenvalue weighted by Crippen LogP contribution is 2.22. The number of rotatable bonds is 1. The number of carbonyl (C=O) groups is 1. The van der Waals surface area contributed by atoms with Gasteiger partial charge in [0.1, 0.15) is 0 Å². The lowest BCUT2D eigenvalue weighted by molar-refractivity contribution is 0.0973. The van der Waals surface area contributed by atoms with Crippen molar-refractivity contribution in [1.29, 1.82) is 5.26 Å². The Kier molecular flexibility index (Phi) is 3.13. The largest absolute Gasteiger partial charge is 0.268 e. The Bertz CT molecular complexity index is 384. The predicted molar refractivity (Wildman–Crippen MR) is 49.5 cm³/mol. The maximum Gasteiger partial charge on any atom is 0.264 e. The van der Waals surface area contributed by atoms with E-state index in [0.29, 0.717) is 10.6 Å². The maximum atomic E-state index is 11.1. The van der Waals surface area contributed by atoms with Crippen LogP contribution in [0.4, 0.5) is 0 Å². The molecule has 3 nitrogen and oxygen atoms in total. The standard InChI is InChI=1S/C8H4Cl2N2O/c9-6-2-1-5(3-7(6)10)8(13)12-4-11/h1-3H,(H,12,13). The lowest BCUT2D eigenvalue weighted by Gasteiger charge is -1.99. The summed E-state index contributed by atoms with van der Waals surface area (Å²) in [6.07, 6.45) is 1.52. The molecule has 66 valence electrons. The molecule has 0 radical (unpaired) electrons. The average Bonchev–Trinajstić information content (AvgIpc) is 2.10. The van der Waals surface area contributed by atoms with Gasteiger partial charge in [0, 0.05) is 5.56 Å². The Balaban J connectivity index is 2.98. The summed E-state index contributed by atoms with van der Waals surface area (Å²) in [6.45, 7) is 0. The van der Waals surface area contributed by atoms with Crippen molar-refractivity contribution in [2.24, 2.45) is 0 Å². The van der Waals surface area contributed by atoms with Crippen molar-refractivity contribution >= 4 is 29.1 Å². The Morgan fingerprint density at radius 2 is 2.08 bits per heavy atom. The van der Waals surface area contributed by atoms with E-state index < -0.39 is 5.91 Å². The molecule has 1 aromatic carbocycles. The Labute approximate surface area is 84.9 Å². The summed E-state index contributed by atoms with van der Waals surface area (Å²) in [5.41, 5.74) is 0.302. The predicted octanol–water partition coefficient (Wildman–Crippen LogP) is 2.20. The molecule has 13 heavy (non-hydrogen) atoms. The SMILES string of the molecule is N#CNC(=O)c1ccc(Cl)c(Cl)c1. The molecule has 0 aromatic heterocycles. The molecule has 0 aliphatic rings. The lowest BCUT2D eigenvalue weighted by Crippen LogP contribution is -2.16. The number of nitriles is 1. The van der Waals surface area contributed by atoms with Crippen LogP contribution in [0.5, 0.6) is 0 Å². The second-order valence-electron chi connectivity index (χ2n) is 2.19. The van der Waals surface area contributed by atoms with Crippen LogP contribution in [0.15, 0.2) is 18.2 Å². The first-order chi connectivity index (χ1) is 6.15. The minimum absolute atomic E-state index is 0.284. The quantitative estimate of drug-likeness (QED) is 0.576. The molecule has 0 unspecified atom stereocenters. The van der Waals surface area contributed by atoms with Crippen LogP contribution in [0.1, 0.15) is 10.4 Å². The zero-order valence-corrected chi connectivity index (χ0v) is 7.86. The first-order valence-electron chi connectivity index (χ1n) is 3.29. The zero-order valence-electron chi connectivity index (χ0n) is 6.34. The number of carbonyl (C=O) groups excluding carboxylic acids is 1. The number of amides is 1. The van der Waals surface area contributed by atoms with Gasteiger partial charge in [0.25, 0.3) is 5.91 Å². The maximum absolute atomic E-state index is 11.1. The highest BCUT2D eigenvalue weighted by Gasteiger charge is 2.06. The molecule has 0 bridgehead atoms. The van der Waals surface area contributed by atoms with E-state index in [4.69, 9.17) is 28.5 Å². The number of nitrogens with one attached hydrogen (secondary N) is 1. The Morgan fingerprint density at radius 3 is 2.62 bits per heavy atom. The van der Waals surface area contributed by atoms with Gasteiger partial charge >= 0.3 is 0 Å². The van der Waals surface area contributed by atoms with E-state index >= 15 is 0 Å². The summed E-state index contributed by atoms with van der Waals surface area (Å²) in [4.78, 5) is 11.1. The molecule has 1 amide bonds. The molecule has 0 spiro atoms. The van der Waals surface area contributed by atoms with Gasteiger partial charge in [-0.25, -0.2) is 0 Å². The highest BCUT2D eigenvalue weighted by molar-refractivity contribution is 6.42. The molecule has 1 aromatic rings. The topological polar surface area (TPSA) is 52.9 Å². The molecule has 0 fully saturated rings. The van der Waals surface area contributed by atoms with Gasteiger partial charge in [0.2, 0.25) is 0 Å². The third-order valence-electron chi connectivity index (χ3n) is 1.35. The van der Waals surface area contributed by atoms with Gasteiger partial charge in [0.15, 0.2) is 6.19 Å². The van der Waals surface area contributed by atoms with Gasteiger partial charge in [-0.15, -0.1) is 0 Å². The lowest BCUT2D eigenvalue weighted by atomic mass is 10.2. The van der Waals surface area contributed by atoms with Crippen LogP contribution in [-0.4, -0.2) is 5.91 Å². The van der Waals surface area contributed by atoms with E-state index in [1.165, 1.54) is 24.4 Å². The van der Waals surface area contributed by atoms with Gasteiger partial charge in [-0.1, -0.05) is 23.2 Å². The molecule has 0 heterocycles. The smallest absolute Gasteiger partial charge is 0.264 e. The summed E-state index contributed by atoms with van der Waals surface area (Å²) < 4.78 is 0. The highest BCUT2D eigenvalue weighted by atomic mass is 35.5. The van der Waals surface area contributed by atoms with E-state index in [2.05, 4.69) is 0 Å². The van der Waals surface area contributed by atoms with Crippen molar-refractivity contribution in [1.82, 2.24) is 5.32 Å². The Morgan fingerprint density at radius 1 is 1.38 bits per heavy atom. The molecule has 0 saturated carbocycles. The summed E-state index contributed by atoms with van der Waals surface area (Å²) >= 11 is 11.3. The summed E-state index contributed by atoms with van der Waals surface area (Å²) in [5, 5.41) is 10.8. The molecule has 0 aliphatic heterocycles. The minimum atomic E-state index is -0.499. The number of hydrogen-bond donors (Lipinski definition) is 1. The molecule has 0 aliphatic carbocycles. The van der Waals surface area contributed by atoms with Gasteiger partial charge in [-0.3, -0.25) is 10.1 Å². The number of benzene rings is 1. The van der Waals surface area contributed by atoms with E-state index in [1.54, 1.807) is 0 Å². The van der Waals surface area contributed by atoms with Crippen molar-refractivity contribution in [3.05, 3.63) is 33.8 Å². The molecule has 0 saturated heterocycles. The van der Waals surface area contributed by atoms with Crippen molar-refractivity contribution in [3.63, 3.8) is 0 Å². The van der Waals surface area contributed by atoms with E-state index in [1.807, 2.05) is 5.32 Å². The van der Waals surface area contributed by atoms with Gasteiger partial charge < -0.3 is 0 Å². The number of nitrogens with zero attached hydrogens (tertiary/aromatic N) is 1. The van der Waals surface area contributed by atoms with Crippen LogP contribution >= 0.6 is 23.2 Å². The van der Waals surface area contributed by atoms with E-state index in [-0.39, 0.29) is 5.02 Å². The molecule has 1 rings (SSSR count). The monoisotopic (exact) mass is 214 g/mol. The second-order valence-corrected chi connectivity index (χ2v) is 3.01. The fourth-order valence-corrected chi connectivity index (χ4v) is 1.06. The molecule has 5 heteroatoms. The molecule has 1 N–H and O–H groups in total. The van der Waals surface area contributed by atoms with Crippen LogP contribution in [-0.2, 0) is 0 Å². The van der Waals surface area contributed by atoms with E-state index in [9.17, 15) is 4.79 Å². The normalized spacial score (nSPS) is 9.00. The second kappa shape index (κ2) is 4.13. The van der Waals surface area contributed by atoms with Crippen molar-refractivity contribution in [2.75, 3.05) is 0 Å². The Hall–Kier alpha value is -1.24. The van der Waals surface area contributed by atoms with Crippen molar-refractivity contribution in [2.45, 2.75) is 0 Å². The van der Waals surface area contributed by atoms with E-state index in [0.717, 1.165) is 0 Å². The third-order valence-corrected chi connectivity index (χ3v) is 2.09. The fraction of sp³-hybridized carbons (Fsp3) is 0. The fourth-order valence-electron chi connectivity index (χ4n) is 0.760. The van der Waals surface area contributed by atoms with Gasteiger partial charge in [-0.05, 0) is 18.2 Å². The molecule has 0 atom stereocenters. The average molecular weight is 215 g/mol. The van der Waals surface area contributed by atoms with Crippen LogP contribution in [0.2, 0.25) is 10.0 Å². The molecular formula is C8H4Cl2N2O. The zero-order chi connectivity index (χ0) is 9.84. The van der Waals surface area contributed by atoms with Crippen LogP contribution < -0.4 is 5.32 Å². The van der Waals surface area contributed by atoms with Crippen LogP contribution in [0.3, 0.4) is 0 Å². The van der Waals surface area contributed by atoms with Crippen molar-refractivity contribution in [3.8, 4) is 6.19 Å². The molecular weight excluding hydrogens is 211 g/mol. The van der Waals surface area contributed by atoms with Crippen LogP contribution in [0, 0.1) is 11.5 Å². The first kappa shape index (κ1) is 9.85. The summed E-state index contributed by atoms with van der Waals surface area (Å²) in [5.74, 6) is -0.499. The van der Waals surface area contributed by atoms with Crippen molar-refractivity contribution < 1.29 is 4.79 Å². The van der Waals surface area contributed by atoms with Crippen LogP contribution in [0.25, 0.3) is 0 Å². The van der Waals surface area contributed by atoms with Gasteiger partial charge in [-0.2, -0.15) is 5.26 Å². The minimum Gasteiger partial charge on any atom is -0.268 e. The first-order valence-corrected chi connectivity index (χ1v) is 4.05. The third kappa shape index (κ3) is 2.35. The number of halogens is 2. The number of hydrogen-bond acceptors (Lipinski definition) is 2. The summed E-state index contributed by atoms with van der Waals surface area (Å²) in [6, 6.07) is 4.38.